The largest absolute Gasteiger partial charge is 0.493 e. The van der Waals surface area contributed by atoms with Crippen LogP contribution in [0, 0.1) is 5.92 Å². The average Bonchev–Trinajstić information content (AvgIpc) is 2.76. The summed E-state index contributed by atoms with van der Waals surface area (Å²) < 4.78 is 6.14. The molecule has 29 heavy (non-hydrogen) atoms. The summed E-state index contributed by atoms with van der Waals surface area (Å²) >= 11 is 0. The number of unbranched alkanes of at least 4 members (excludes halogenated alkanes) is 6. The first-order valence-electron chi connectivity index (χ1n) is 11.9. The number of rotatable bonds is 15. The first-order chi connectivity index (χ1) is 14.2. The second kappa shape index (κ2) is 14.2. The lowest BCUT2D eigenvalue weighted by Gasteiger charge is -2.13. The fourth-order valence-electron chi connectivity index (χ4n) is 3.67. The monoisotopic (exact) mass is 395 g/mol. The molecule has 1 aromatic heterocycles. The minimum absolute atomic E-state index is 0.783. The molecule has 1 aromatic carbocycles. The Bertz CT molecular complexity index is 682. The number of hydrogen-bond acceptors (Lipinski definition) is 2. The molecule has 0 bridgehead atoms. The zero-order valence-corrected chi connectivity index (χ0v) is 19.0. The van der Waals surface area contributed by atoms with Crippen LogP contribution in [0.4, 0.5) is 0 Å². The minimum Gasteiger partial charge on any atom is -0.493 e. The Morgan fingerprint density at radius 1 is 0.897 bits per heavy atom. The summed E-state index contributed by atoms with van der Waals surface area (Å²) in [6, 6.07) is 12.7. The summed E-state index contributed by atoms with van der Waals surface area (Å²) in [7, 11) is 0. The number of hydrogen-bond donors (Lipinski definition) is 0. The van der Waals surface area contributed by atoms with Crippen molar-refractivity contribution in [2.45, 2.75) is 91.4 Å². The topological polar surface area (TPSA) is 22.1 Å². The van der Waals surface area contributed by atoms with E-state index in [1.807, 2.05) is 6.20 Å². The molecular formula is C27H41NO. The molecule has 2 rings (SSSR count). The van der Waals surface area contributed by atoms with E-state index in [4.69, 9.17) is 4.74 Å². The van der Waals surface area contributed by atoms with Crippen molar-refractivity contribution in [3.8, 4) is 17.0 Å². The quantitative estimate of drug-likeness (QED) is 0.283. The predicted molar refractivity (Wildman–Crippen MR) is 126 cm³/mol. The maximum atomic E-state index is 6.14. The van der Waals surface area contributed by atoms with E-state index in [9.17, 15) is 0 Å². The van der Waals surface area contributed by atoms with E-state index < -0.39 is 0 Å². The van der Waals surface area contributed by atoms with Gasteiger partial charge in [0, 0.05) is 11.8 Å². The van der Waals surface area contributed by atoms with Crippen LogP contribution in [-0.2, 0) is 6.42 Å². The van der Waals surface area contributed by atoms with Crippen LogP contribution in [0.15, 0.2) is 42.6 Å². The Labute approximate surface area is 179 Å². The maximum Gasteiger partial charge on any atom is 0.128 e. The third-order valence-corrected chi connectivity index (χ3v) is 5.85. The first kappa shape index (κ1) is 23.4. The molecule has 0 saturated carbocycles. The molecule has 0 aliphatic carbocycles. The molecule has 0 spiro atoms. The van der Waals surface area contributed by atoms with Gasteiger partial charge in [-0.05, 0) is 61.4 Å². The number of para-hydroxylation sites is 1. The second-order valence-corrected chi connectivity index (χ2v) is 8.42. The third-order valence-electron chi connectivity index (χ3n) is 5.85. The summed E-state index contributed by atoms with van der Waals surface area (Å²) in [6.07, 6.45) is 16.0. The van der Waals surface area contributed by atoms with Gasteiger partial charge in [0.1, 0.15) is 5.75 Å². The zero-order chi connectivity index (χ0) is 20.7. The van der Waals surface area contributed by atoms with Gasteiger partial charge >= 0.3 is 0 Å². The number of aromatic nitrogens is 1. The van der Waals surface area contributed by atoms with Gasteiger partial charge in [-0.1, -0.05) is 77.8 Å². The summed E-state index contributed by atoms with van der Waals surface area (Å²) in [6.45, 7) is 7.66. The van der Waals surface area contributed by atoms with Gasteiger partial charge in [-0.3, -0.25) is 4.98 Å². The van der Waals surface area contributed by atoms with Gasteiger partial charge in [-0.25, -0.2) is 0 Å². The Morgan fingerprint density at radius 2 is 1.69 bits per heavy atom. The molecule has 1 atom stereocenters. The highest BCUT2D eigenvalue weighted by molar-refractivity contribution is 5.67. The highest BCUT2D eigenvalue weighted by atomic mass is 16.5. The van der Waals surface area contributed by atoms with Crippen LogP contribution in [0.25, 0.3) is 11.3 Å². The van der Waals surface area contributed by atoms with Crippen molar-refractivity contribution in [3.63, 3.8) is 0 Å². The van der Waals surface area contributed by atoms with Gasteiger partial charge in [0.05, 0.1) is 12.3 Å². The summed E-state index contributed by atoms with van der Waals surface area (Å²) in [5.74, 6) is 1.78. The molecule has 2 heteroatoms. The van der Waals surface area contributed by atoms with Gasteiger partial charge < -0.3 is 4.74 Å². The van der Waals surface area contributed by atoms with Crippen LogP contribution < -0.4 is 4.74 Å². The van der Waals surface area contributed by atoms with E-state index in [-0.39, 0.29) is 0 Å². The van der Waals surface area contributed by atoms with Crippen molar-refractivity contribution < 1.29 is 4.74 Å². The van der Waals surface area contributed by atoms with E-state index in [0.29, 0.717) is 0 Å². The molecular weight excluding hydrogens is 354 g/mol. The van der Waals surface area contributed by atoms with Crippen LogP contribution in [0.5, 0.6) is 5.75 Å². The van der Waals surface area contributed by atoms with Crippen LogP contribution in [-0.4, -0.2) is 11.6 Å². The summed E-state index contributed by atoms with van der Waals surface area (Å²) in [4.78, 5) is 4.64. The molecule has 0 aliphatic heterocycles. The van der Waals surface area contributed by atoms with E-state index in [0.717, 1.165) is 42.4 Å². The van der Waals surface area contributed by atoms with Crippen molar-refractivity contribution in [1.29, 1.82) is 0 Å². The number of nitrogens with zero attached hydrogens (tertiary/aromatic N) is 1. The molecule has 1 unspecified atom stereocenters. The second-order valence-electron chi connectivity index (χ2n) is 8.42. The van der Waals surface area contributed by atoms with Crippen molar-refractivity contribution in [1.82, 2.24) is 4.98 Å². The summed E-state index contributed by atoms with van der Waals surface area (Å²) in [5.41, 5.74) is 3.52. The standard InChI is InChI=1S/C27H41NO/c1-4-6-7-8-9-10-16-24-19-20-28-26(22-24)25-17-11-12-18-27(25)29-21-14-13-15-23(3)5-2/h11-12,17-20,22-23H,4-10,13-16,21H2,1-3H3. The van der Waals surface area contributed by atoms with Gasteiger partial charge in [0.25, 0.3) is 0 Å². The lowest BCUT2D eigenvalue weighted by atomic mass is 10.0. The predicted octanol–water partition coefficient (Wildman–Crippen LogP) is 8.25. The van der Waals surface area contributed by atoms with Crippen LogP contribution in [0.1, 0.15) is 90.5 Å². The lowest BCUT2D eigenvalue weighted by Crippen LogP contribution is -2.01. The normalized spacial score (nSPS) is 12.1. The van der Waals surface area contributed by atoms with E-state index in [1.54, 1.807) is 0 Å². The fraction of sp³-hybridized carbons (Fsp3) is 0.593. The molecule has 2 aromatic rings. The zero-order valence-electron chi connectivity index (χ0n) is 19.0. The van der Waals surface area contributed by atoms with Gasteiger partial charge in [0.15, 0.2) is 0 Å². The molecule has 160 valence electrons. The molecule has 0 N–H and O–H groups in total. The lowest BCUT2D eigenvalue weighted by molar-refractivity contribution is 0.301. The van der Waals surface area contributed by atoms with Crippen LogP contribution >= 0.6 is 0 Å². The molecule has 2 nitrogen and oxygen atoms in total. The van der Waals surface area contributed by atoms with Crippen molar-refractivity contribution in [3.05, 3.63) is 48.2 Å². The SMILES string of the molecule is CCCCCCCCc1ccnc(-c2ccccc2OCCCCC(C)CC)c1. The van der Waals surface area contributed by atoms with Crippen LogP contribution in [0.3, 0.4) is 0 Å². The Balaban J connectivity index is 1.88. The van der Waals surface area contributed by atoms with E-state index in [2.05, 4.69) is 62.2 Å². The van der Waals surface area contributed by atoms with E-state index >= 15 is 0 Å². The highest BCUT2D eigenvalue weighted by Gasteiger charge is 2.08. The molecule has 0 radical (unpaired) electrons. The first-order valence-corrected chi connectivity index (χ1v) is 11.9. The smallest absolute Gasteiger partial charge is 0.128 e. The number of aryl methyl sites for hydroxylation is 1. The Hall–Kier alpha value is -1.83. The minimum atomic E-state index is 0.783. The van der Waals surface area contributed by atoms with Gasteiger partial charge in [-0.2, -0.15) is 0 Å². The Morgan fingerprint density at radius 3 is 2.52 bits per heavy atom. The number of pyridine rings is 1. The van der Waals surface area contributed by atoms with Gasteiger partial charge in [-0.15, -0.1) is 0 Å². The van der Waals surface area contributed by atoms with Crippen molar-refractivity contribution >= 4 is 0 Å². The van der Waals surface area contributed by atoms with Crippen LogP contribution in [0.2, 0.25) is 0 Å². The molecule has 0 aliphatic rings. The fourth-order valence-corrected chi connectivity index (χ4v) is 3.67. The van der Waals surface area contributed by atoms with Crippen molar-refractivity contribution in [2.75, 3.05) is 6.61 Å². The maximum absolute atomic E-state index is 6.14. The molecule has 1 heterocycles. The number of benzene rings is 1. The molecule has 0 fully saturated rings. The highest BCUT2D eigenvalue weighted by Crippen LogP contribution is 2.29. The average molecular weight is 396 g/mol. The number of ether oxygens (including phenoxy) is 1. The molecule has 0 amide bonds. The van der Waals surface area contributed by atoms with Crippen molar-refractivity contribution in [2.24, 2.45) is 5.92 Å². The summed E-state index contributed by atoms with van der Waals surface area (Å²) in [5, 5.41) is 0. The van der Waals surface area contributed by atoms with Gasteiger partial charge in [0.2, 0.25) is 0 Å². The Kier molecular flexibility index (Phi) is 11.5. The van der Waals surface area contributed by atoms with E-state index in [1.165, 1.54) is 63.4 Å². The molecule has 0 saturated heterocycles. The third kappa shape index (κ3) is 9.02.